The average Bonchev–Trinajstić information content (AvgIpc) is 2.10. The predicted molar refractivity (Wildman–Crippen MR) is 48.4 cm³/mol. The van der Waals surface area contributed by atoms with E-state index in [9.17, 15) is 4.79 Å². The van der Waals surface area contributed by atoms with Crippen LogP contribution in [0, 0.1) is 17.2 Å². The monoisotopic (exact) mass is 163 g/mol. The molecule has 64 valence electrons. The quantitative estimate of drug-likeness (QED) is 0.270. The maximum atomic E-state index is 10.2. The Morgan fingerprint density at radius 2 is 2.42 bits per heavy atom. The van der Waals surface area contributed by atoms with Crippen molar-refractivity contribution in [1.29, 1.82) is 5.26 Å². The predicted octanol–water partition coefficient (Wildman–Crippen LogP) is 2.24. The topological polar surface area (TPSA) is 40.9 Å². The molecule has 0 rings (SSSR count). The number of carbonyl (C=O) groups is 1. The molecule has 0 saturated heterocycles. The number of hydrogen-bond acceptors (Lipinski definition) is 2. The van der Waals surface area contributed by atoms with Crippen LogP contribution in [-0.2, 0) is 4.79 Å². The van der Waals surface area contributed by atoms with Crippen LogP contribution in [0.15, 0.2) is 24.3 Å². The zero-order valence-corrected chi connectivity index (χ0v) is 7.29. The highest BCUT2D eigenvalue weighted by molar-refractivity contribution is 5.78. The van der Waals surface area contributed by atoms with E-state index in [0.717, 1.165) is 12.8 Å². The number of carbonyl (C=O) groups excluding carboxylic acids is 1. The van der Waals surface area contributed by atoms with Crippen LogP contribution in [0.2, 0.25) is 0 Å². The van der Waals surface area contributed by atoms with Gasteiger partial charge in [0.15, 0.2) is 6.29 Å². The Bertz CT molecular complexity index is 222. The lowest BCUT2D eigenvalue weighted by Gasteiger charge is -2.01. The van der Waals surface area contributed by atoms with Gasteiger partial charge >= 0.3 is 0 Å². The second kappa shape index (κ2) is 6.36. The Hall–Kier alpha value is -1.36. The molecule has 0 fully saturated rings. The van der Waals surface area contributed by atoms with Crippen molar-refractivity contribution in [3.05, 3.63) is 24.3 Å². The van der Waals surface area contributed by atoms with Crippen LogP contribution in [0.4, 0.5) is 0 Å². The third-order valence-electron chi connectivity index (χ3n) is 1.55. The van der Waals surface area contributed by atoms with Crippen molar-refractivity contribution in [3.63, 3.8) is 0 Å². The number of nitrogens with zero attached hydrogens (tertiary/aromatic N) is 1. The number of aldehydes is 1. The fourth-order valence-electron chi connectivity index (χ4n) is 0.874. The second-order valence-electron chi connectivity index (χ2n) is 2.69. The van der Waals surface area contributed by atoms with E-state index in [4.69, 9.17) is 5.26 Å². The van der Waals surface area contributed by atoms with Gasteiger partial charge in [-0.1, -0.05) is 19.1 Å². The molecule has 0 aromatic rings. The molecule has 0 aliphatic rings. The molecule has 0 N–H and O–H groups in total. The first-order valence-corrected chi connectivity index (χ1v) is 3.92. The summed E-state index contributed by atoms with van der Waals surface area (Å²) in [4.78, 5) is 10.2. The minimum atomic E-state index is 0.214. The van der Waals surface area contributed by atoms with Gasteiger partial charge in [0.05, 0.1) is 5.57 Å². The van der Waals surface area contributed by atoms with Gasteiger partial charge in [-0.2, -0.15) is 5.26 Å². The molecule has 0 aromatic carbocycles. The Balaban J connectivity index is 4.03. The molecule has 0 aliphatic heterocycles. The van der Waals surface area contributed by atoms with Crippen LogP contribution in [0.25, 0.3) is 0 Å². The zero-order valence-electron chi connectivity index (χ0n) is 7.29. The second-order valence-corrected chi connectivity index (χ2v) is 2.69. The lowest BCUT2D eigenvalue weighted by atomic mass is 10.0. The lowest BCUT2D eigenvalue weighted by Crippen LogP contribution is -1.91. The largest absolute Gasteiger partial charge is 0.297 e. The fraction of sp³-hybridized carbons (Fsp3) is 0.400. The minimum Gasteiger partial charge on any atom is -0.297 e. The van der Waals surface area contributed by atoms with Crippen LogP contribution < -0.4 is 0 Å². The number of allylic oxidation sites excluding steroid dienone is 3. The summed E-state index contributed by atoms with van der Waals surface area (Å²) in [6.07, 6.45) is 5.95. The first kappa shape index (κ1) is 10.6. The summed E-state index contributed by atoms with van der Waals surface area (Å²) in [6, 6.07) is 1.83. The number of hydrogen-bond donors (Lipinski definition) is 0. The lowest BCUT2D eigenvalue weighted by molar-refractivity contribution is -0.104. The van der Waals surface area contributed by atoms with Gasteiger partial charge < -0.3 is 0 Å². The van der Waals surface area contributed by atoms with E-state index >= 15 is 0 Å². The number of rotatable bonds is 5. The molecule has 0 aromatic heterocycles. The van der Waals surface area contributed by atoms with Gasteiger partial charge in [0.25, 0.3) is 0 Å². The summed E-state index contributed by atoms with van der Waals surface area (Å²) in [5, 5.41) is 8.43. The SMILES string of the molecule is C=CCCC(C)/C=C(\C#N)C=O. The average molecular weight is 163 g/mol. The van der Waals surface area contributed by atoms with Gasteiger partial charge in [-0.3, -0.25) is 4.79 Å². The summed E-state index contributed by atoms with van der Waals surface area (Å²) in [5.74, 6) is 0.267. The van der Waals surface area contributed by atoms with Crippen molar-refractivity contribution in [3.8, 4) is 6.07 Å². The molecule has 0 heterocycles. The highest BCUT2D eigenvalue weighted by atomic mass is 16.1. The van der Waals surface area contributed by atoms with Gasteiger partial charge in [0.2, 0.25) is 0 Å². The van der Waals surface area contributed by atoms with Crippen LogP contribution in [0.5, 0.6) is 0 Å². The van der Waals surface area contributed by atoms with Crippen LogP contribution in [-0.4, -0.2) is 6.29 Å². The summed E-state index contributed by atoms with van der Waals surface area (Å²) in [5.41, 5.74) is 0.214. The molecule has 0 spiro atoms. The molecule has 2 heteroatoms. The smallest absolute Gasteiger partial charge is 0.160 e. The third kappa shape index (κ3) is 4.45. The van der Waals surface area contributed by atoms with Gasteiger partial charge in [-0.25, -0.2) is 0 Å². The highest BCUT2D eigenvalue weighted by Crippen LogP contribution is 2.09. The van der Waals surface area contributed by atoms with Gasteiger partial charge in [0, 0.05) is 0 Å². The summed E-state index contributed by atoms with van der Waals surface area (Å²) < 4.78 is 0. The first-order valence-electron chi connectivity index (χ1n) is 3.92. The Labute approximate surface area is 73.2 Å². The summed E-state index contributed by atoms with van der Waals surface area (Å²) in [7, 11) is 0. The maximum Gasteiger partial charge on any atom is 0.160 e. The molecule has 12 heavy (non-hydrogen) atoms. The summed E-state index contributed by atoms with van der Waals surface area (Å²) >= 11 is 0. The molecule has 2 nitrogen and oxygen atoms in total. The summed E-state index contributed by atoms with van der Waals surface area (Å²) in [6.45, 7) is 5.57. The van der Waals surface area contributed by atoms with Crippen LogP contribution in [0.1, 0.15) is 19.8 Å². The fourth-order valence-corrected chi connectivity index (χ4v) is 0.874. The minimum absolute atomic E-state index is 0.214. The zero-order chi connectivity index (χ0) is 9.40. The third-order valence-corrected chi connectivity index (χ3v) is 1.55. The van der Waals surface area contributed by atoms with Crippen molar-refractivity contribution in [2.24, 2.45) is 5.92 Å². The molecule has 0 radical (unpaired) electrons. The van der Waals surface area contributed by atoms with Crippen molar-refractivity contribution < 1.29 is 4.79 Å². The highest BCUT2D eigenvalue weighted by Gasteiger charge is 1.98. The normalized spacial score (nSPS) is 13.2. The standard InChI is InChI=1S/C10H13NO/c1-3-4-5-9(2)6-10(7-11)8-12/h3,6,8-9H,1,4-5H2,2H3/b10-6+. The molecule has 0 saturated carbocycles. The van der Waals surface area contributed by atoms with Crippen molar-refractivity contribution in [2.45, 2.75) is 19.8 Å². The Kier molecular flexibility index (Phi) is 5.64. The van der Waals surface area contributed by atoms with E-state index in [1.54, 1.807) is 6.08 Å². The van der Waals surface area contributed by atoms with Crippen LogP contribution >= 0.6 is 0 Å². The van der Waals surface area contributed by atoms with Crippen LogP contribution in [0.3, 0.4) is 0 Å². The van der Waals surface area contributed by atoms with E-state index in [1.807, 2.05) is 19.1 Å². The van der Waals surface area contributed by atoms with Gasteiger partial charge in [-0.15, -0.1) is 6.58 Å². The Morgan fingerprint density at radius 1 is 1.75 bits per heavy atom. The molecule has 1 atom stereocenters. The number of nitriles is 1. The van der Waals surface area contributed by atoms with E-state index in [1.165, 1.54) is 0 Å². The molecular weight excluding hydrogens is 150 g/mol. The molecule has 0 bridgehead atoms. The molecule has 0 amide bonds. The Morgan fingerprint density at radius 3 is 2.83 bits per heavy atom. The molecule has 1 unspecified atom stereocenters. The van der Waals surface area contributed by atoms with Gasteiger partial charge in [-0.05, 0) is 18.8 Å². The maximum absolute atomic E-state index is 10.2. The van der Waals surface area contributed by atoms with Crippen molar-refractivity contribution in [2.75, 3.05) is 0 Å². The molecular formula is C10H13NO. The van der Waals surface area contributed by atoms with Gasteiger partial charge in [0.1, 0.15) is 6.07 Å². The molecule has 0 aliphatic carbocycles. The van der Waals surface area contributed by atoms with E-state index in [-0.39, 0.29) is 11.5 Å². The first-order chi connectivity index (χ1) is 5.74. The van der Waals surface area contributed by atoms with Crippen molar-refractivity contribution >= 4 is 6.29 Å². The van der Waals surface area contributed by atoms with Crippen molar-refractivity contribution in [1.82, 2.24) is 0 Å². The van der Waals surface area contributed by atoms with E-state index in [0.29, 0.717) is 6.29 Å². The van der Waals surface area contributed by atoms with E-state index in [2.05, 4.69) is 6.58 Å². The van der Waals surface area contributed by atoms with E-state index < -0.39 is 0 Å².